The van der Waals surface area contributed by atoms with Gasteiger partial charge in [0, 0.05) is 17.2 Å². The monoisotopic (exact) mass is 404 g/mol. The van der Waals surface area contributed by atoms with Crippen LogP contribution in [0.4, 0.5) is 0 Å². The Morgan fingerprint density at radius 3 is 2.32 bits per heavy atom. The predicted octanol–water partition coefficient (Wildman–Crippen LogP) is 3.57. The van der Waals surface area contributed by atoms with Crippen LogP contribution in [0.2, 0.25) is 0 Å². The predicted molar refractivity (Wildman–Crippen MR) is 110 cm³/mol. The number of ether oxygens (including phenoxy) is 1. The molecule has 0 radical (unpaired) electrons. The summed E-state index contributed by atoms with van der Waals surface area (Å²) in [6.07, 6.45) is 0.694. The number of carbonyl (C=O) groups excluding carboxylic acids is 1. The van der Waals surface area contributed by atoms with Gasteiger partial charge in [-0.1, -0.05) is 24.6 Å². The van der Waals surface area contributed by atoms with Gasteiger partial charge in [0.15, 0.2) is 0 Å². The van der Waals surface area contributed by atoms with Gasteiger partial charge in [-0.25, -0.2) is 13.1 Å². The first-order valence-corrected chi connectivity index (χ1v) is 10.7. The molecule has 2 N–H and O–H groups in total. The summed E-state index contributed by atoms with van der Waals surface area (Å²) in [5, 5.41) is 2.93. The first kappa shape index (κ1) is 21.9. The molecule has 2 rings (SSSR count). The highest BCUT2D eigenvalue weighted by Gasteiger charge is 2.19. The van der Waals surface area contributed by atoms with E-state index in [1.807, 2.05) is 39.0 Å². The molecule has 152 valence electrons. The minimum absolute atomic E-state index is 0.137. The van der Waals surface area contributed by atoms with Crippen LogP contribution < -0.4 is 14.8 Å². The van der Waals surface area contributed by atoms with Crippen molar-refractivity contribution in [2.24, 2.45) is 0 Å². The Labute approximate surface area is 167 Å². The summed E-state index contributed by atoms with van der Waals surface area (Å²) in [6.45, 7) is 7.57. The van der Waals surface area contributed by atoms with Gasteiger partial charge in [0.1, 0.15) is 5.75 Å². The SMILES string of the molecule is CC[C@H](C)NS(=O)(=O)c1ccc(C(=O)N[C@@H](C)c2cc(C)ccc2OC)cc1. The average molecular weight is 405 g/mol. The Bertz CT molecular complexity index is 924. The molecule has 0 bridgehead atoms. The van der Waals surface area contributed by atoms with Crippen LogP contribution in [-0.4, -0.2) is 27.5 Å². The van der Waals surface area contributed by atoms with Crippen LogP contribution >= 0.6 is 0 Å². The smallest absolute Gasteiger partial charge is 0.251 e. The van der Waals surface area contributed by atoms with E-state index in [2.05, 4.69) is 10.0 Å². The molecule has 6 nitrogen and oxygen atoms in total. The Morgan fingerprint density at radius 1 is 1.11 bits per heavy atom. The van der Waals surface area contributed by atoms with Gasteiger partial charge in [-0.05, 0) is 57.5 Å². The quantitative estimate of drug-likeness (QED) is 0.704. The van der Waals surface area contributed by atoms with E-state index in [1.165, 1.54) is 24.3 Å². The third-order valence-corrected chi connectivity index (χ3v) is 6.20. The molecule has 0 unspecified atom stereocenters. The van der Waals surface area contributed by atoms with Crippen LogP contribution in [0.25, 0.3) is 0 Å². The summed E-state index contributed by atoms with van der Waals surface area (Å²) in [4.78, 5) is 12.7. The maximum Gasteiger partial charge on any atom is 0.251 e. The van der Waals surface area contributed by atoms with E-state index in [1.54, 1.807) is 14.0 Å². The summed E-state index contributed by atoms with van der Waals surface area (Å²) < 4.78 is 32.6. The van der Waals surface area contributed by atoms with Crippen LogP contribution in [0.5, 0.6) is 5.75 Å². The highest BCUT2D eigenvalue weighted by atomic mass is 32.2. The van der Waals surface area contributed by atoms with Crippen molar-refractivity contribution in [2.45, 2.75) is 51.1 Å². The number of methoxy groups -OCH3 is 1. The Hall–Kier alpha value is -2.38. The highest BCUT2D eigenvalue weighted by molar-refractivity contribution is 7.89. The van der Waals surface area contributed by atoms with E-state index in [-0.39, 0.29) is 22.9 Å². The van der Waals surface area contributed by atoms with Gasteiger partial charge < -0.3 is 10.1 Å². The number of rotatable bonds is 8. The Balaban J connectivity index is 2.14. The van der Waals surface area contributed by atoms with Gasteiger partial charge in [-0.2, -0.15) is 0 Å². The van der Waals surface area contributed by atoms with Crippen LogP contribution in [0, 0.1) is 6.92 Å². The molecule has 0 spiro atoms. The first-order valence-electron chi connectivity index (χ1n) is 9.25. The van der Waals surface area contributed by atoms with Crippen LogP contribution in [0.1, 0.15) is 54.7 Å². The normalized spacial score (nSPS) is 13.6. The van der Waals surface area contributed by atoms with Crippen molar-refractivity contribution in [3.63, 3.8) is 0 Å². The van der Waals surface area contributed by atoms with Crippen LogP contribution in [0.3, 0.4) is 0 Å². The molecule has 0 aliphatic heterocycles. The zero-order valence-corrected chi connectivity index (χ0v) is 17.8. The second-order valence-corrected chi connectivity index (χ2v) is 8.61. The van der Waals surface area contributed by atoms with Crippen LogP contribution in [-0.2, 0) is 10.0 Å². The van der Waals surface area contributed by atoms with Crippen molar-refractivity contribution < 1.29 is 17.9 Å². The fourth-order valence-corrected chi connectivity index (χ4v) is 4.08. The fraction of sp³-hybridized carbons (Fsp3) is 0.381. The molecule has 2 aromatic rings. The molecule has 0 saturated carbocycles. The van der Waals surface area contributed by atoms with E-state index in [4.69, 9.17) is 4.74 Å². The summed E-state index contributed by atoms with van der Waals surface area (Å²) in [5.41, 5.74) is 2.34. The molecular formula is C21H28N2O4S. The fourth-order valence-electron chi connectivity index (χ4n) is 2.75. The number of sulfonamides is 1. The molecule has 1 amide bonds. The summed E-state index contributed by atoms with van der Waals surface area (Å²) >= 11 is 0. The molecule has 0 aromatic heterocycles. The molecule has 2 aromatic carbocycles. The van der Waals surface area contributed by atoms with Crippen molar-refractivity contribution in [1.29, 1.82) is 0 Å². The van der Waals surface area contributed by atoms with Crippen LogP contribution in [0.15, 0.2) is 47.4 Å². The van der Waals surface area contributed by atoms with Gasteiger partial charge in [0.05, 0.1) is 18.0 Å². The summed E-state index contributed by atoms with van der Waals surface area (Å²) in [5.74, 6) is 0.422. The lowest BCUT2D eigenvalue weighted by atomic mass is 10.0. The Morgan fingerprint density at radius 2 is 1.75 bits per heavy atom. The highest BCUT2D eigenvalue weighted by Crippen LogP contribution is 2.26. The van der Waals surface area contributed by atoms with E-state index >= 15 is 0 Å². The largest absolute Gasteiger partial charge is 0.496 e. The molecule has 0 saturated heterocycles. The van der Waals surface area contributed by atoms with Crippen molar-refractivity contribution in [2.75, 3.05) is 7.11 Å². The first-order chi connectivity index (χ1) is 13.2. The molecule has 2 atom stereocenters. The van der Waals surface area contributed by atoms with E-state index in [0.29, 0.717) is 17.7 Å². The number of hydrogen-bond donors (Lipinski definition) is 2. The number of benzene rings is 2. The zero-order chi connectivity index (χ0) is 20.9. The van der Waals surface area contributed by atoms with Crippen molar-refractivity contribution >= 4 is 15.9 Å². The van der Waals surface area contributed by atoms with Gasteiger partial charge in [-0.15, -0.1) is 0 Å². The number of aryl methyl sites for hydroxylation is 1. The average Bonchev–Trinajstić information content (AvgIpc) is 2.67. The lowest BCUT2D eigenvalue weighted by molar-refractivity contribution is 0.0939. The maximum absolute atomic E-state index is 12.6. The second kappa shape index (κ2) is 9.21. The third-order valence-electron chi connectivity index (χ3n) is 4.59. The van der Waals surface area contributed by atoms with Crippen molar-refractivity contribution in [3.05, 3.63) is 59.2 Å². The molecule has 28 heavy (non-hydrogen) atoms. The zero-order valence-electron chi connectivity index (χ0n) is 16.9. The molecule has 0 fully saturated rings. The lowest BCUT2D eigenvalue weighted by Crippen LogP contribution is -2.32. The summed E-state index contributed by atoms with van der Waals surface area (Å²) in [7, 11) is -2.00. The number of carbonyl (C=O) groups is 1. The topological polar surface area (TPSA) is 84.5 Å². The molecule has 0 aliphatic carbocycles. The molecule has 0 aliphatic rings. The Kier molecular flexibility index (Phi) is 7.21. The van der Waals surface area contributed by atoms with E-state index < -0.39 is 10.0 Å². The minimum Gasteiger partial charge on any atom is -0.496 e. The number of amides is 1. The van der Waals surface area contributed by atoms with E-state index in [0.717, 1.165) is 11.1 Å². The van der Waals surface area contributed by atoms with Gasteiger partial charge in [0.25, 0.3) is 5.91 Å². The van der Waals surface area contributed by atoms with Gasteiger partial charge in [0.2, 0.25) is 10.0 Å². The number of hydrogen-bond acceptors (Lipinski definition) is 4. The number of nitrogens with one attached hydrogen (secondary N) is 2. The van der Waals surface area contributed by atoms with Gasteiger partial charge in [-0.3, -0.25) is 4.79 Å². The van der Waals surface area contributed by atoms with Crippen molar-refractivity contribution in [3.8, 4) is 5.75 Å². The van der Waals surface area contributed by atoms with E-state index in [9.17, 15) is 13.2 Å². The summed E-state index contributed by atoms with van der Waals surface area (Å²) in [6, 6.07) is 11.3. The molecule has 7 heteroatoms. The maximum atomic E-state index is 12.6. The van der Waals surface area contributed by atoms with Crippen molar-refractivity contribution in [1.82, 2.24) is 10.0 Å². The molecular weight excluding hydrogens is 376 g/mol. The second-order valence-electron chi connectivity index (χ2n) is 6.90. The lowest BCUT2D eigenvalue weighted by Gasteiger charge is -2.18. The van der Waals surface area contributed by atoms with Gasteiger partial charge >= 0.3 is 0 Å². The third kappa shape index (κ3) is 5.33. The minimum atomic E-state index is -3.59. The molecule has 0 heterocycles. The standard InChI is InChI=1S/C21H28N2O4S/c1-6-15(3)23-28(25,26)18-10-8-17(9-11-18)21(24)22-16(4)19-13-14(2)7-12-20(19)27-5/h7-13,15-16,23H,6H2,1-5H3,(H,22,24)/t15-,16-/m0/s1.